The van der Waals surface area contributed by atoms with Gasteiger partial charge in [-0.05, 0) is 25.0 Å². The van der Waals surface area contributed by atoms with Crippen molar-refractivity contribution in [2.45, 2.75) is 38.5 Å². The molecule has 1 aromatic heterocycles. The molecule has 3 rings (SSSR count). The number of halogens is 1. The van der Waals surface area contributed by atoms with Gasteiger partial charge in [-0.2, -0.15) is 0 Å². The lowest BCUT2D eigenvalue weighted by atomic mass is 10.1. The van der Waals surface area contributed by atoms with E-state index in [0.717, 1.165) is 31.2 Å². The number of carbonyl (C=O) groups is 1. The first-order chi connectivity index (χ1) is 13.7. The van der Waals surface area contributed by atoms with Crippen molar-refractivity contribution in [1.82, 2.24) is 10.5 Å². The Morgan fingerprint density at radius 3 is 2.50 bits per heavy atom. The molecule has 0 bridgehead atoms. The Hall–Kier alpha value is -2.99. The fraction of sp³-hybridized carbons (Fsp3) is 0.273. The van der Waals surface area contributed by atoms with Crippen LogP contribution >= 0.6 is 0 Å². The molecule has 0 spiro atoms. The van der Waals surface area contributed by atoms with Crippen LogP contribution in [0.5, 0.6) is 0 Å². The van der Waals surface area contributed by atoms with E-state index >= 15 is 0 Å². The summed E-state index contributed by atoms with van der Waals surface area (Å²) in [5.41, 5.74) is 3.93. The number of amides is 1. The van der Waals surface area contributed by atoms with Crippen LogP contribution in [0.1, 0.15) is 38.0 Å². The van der Waals surface area contributed by atoms with Gasteiger partial charge in [-0.25, -0.2) is 14.9 Å². The fourth-order valence-electron chi connectivity index (χ4n) is 3.06. The van der Waals surface area contributed by atoms with E-state index in [-0.39, 0.29) is 11.7 Å². The molecule has 2 N–H and O–H groups in total. The van der Waals surface area contributed by atoms with Crippen molar-refractivity contribution in [2.75, 3.05) is 0 Å². The maximum absolute atomic E-state index is 13.7. The summed E-state index contributed by atoms with van der Waals surface area (Å²) in [5, 5.41) is 8.48. The van der Waals surface area contributed by atoms with Gasteiger partial charge in [0.2, 0.25) is 5.91 Å². The summed E-state index contributed by atoms with van der Waals surface area (Å²) < 4.78 is 19.7. The minimum atomic E-state index is -0.361. The molecule has 0 radical (unpaired) electrons. The summed E-state index contributed by atoms with van der Waals surface area (Å²) in [6.45, 7) is 0. The maximum atomic E-state index is 13.7. The van der Waals surface area contributed by atoms with Crippen LogP contribution in [-0.2, 0) is 11.2 Å². The number of nitrogens with zero attached hydrogens (tertiary/aromatic N) is 1. The Kier molecular flexibility index (Phi) is 6.92. The minimum absolute atomic E-state index is 0.317. The zero-order valence-electron chi connectivity index (χ0n) is 15.5. The normalized spacial score (nSPS) is 10.8. The lowest BCUT2D eigenvalue weighted by molar-refractivity contribution is -0.129. The molecule has 0 unspecified atom stereocenters. The summed E-state index contributed by atoms with van der Waals surface area (Å²) in [6, 6.07) is 16.0. The second kappa shape index (κ2) is 9.80. The molecule has 0 saturated carbocycles. The van der Waals surface area contributed by atoms with E-state index < -0.39 is 0 Å². The number of carbonyl (C=O) groups excluding carboxylic acids is 1. The summed E-state index contributed by atoms with van der Waals surface area (Å²) in [7, 11) is 0. The van der Waals surface area contributed by atoms with Crippen LogP contribution in [0.25, 0.3) is 22.6 Å². The highest BCUT2D eigenvalue weighted by Crippen LogP contribution is 2.33. The Labute approximate surface area is 163 Å². The molecule has 0 saturated heterocycles. The van der Waals surface area contributed by atoms with Crippen LogP contribution < -0.4 is 5.48 Å². The van der Waals surface area contributed by atoms with Gasteiger partial charge in [0.1, 0.15) is 11.5 Å². The number of hydroxylamine groups is 1. The molecule has 0 atom stereocenters. The average Bonchev–Trinajstić information content (AvgIpc) is 3.15. The van der Waals surface area contributed by atoms with E-state index in [1.54, 1.807) is 11.5 Å². The van der Waals surface area contributed by atoms with Crippen molar-refractivity contribution in [3.05, 3.63) is 66.3 Å². The Morgan fingerprint density at radius 1 is 1.00 bits per heavy atom. The number of nitrogens with one attached hydrogen (secondary N) is 1. The first kappa shape index (κ1) is 19.8. The molecule has 3 aromatic rings. The SMILES string of the molecule is O=C(CCCCCCc1nc(-c2ccccc2)c(-c2cccc(F)c2)o1)NO. The third kappa shape index (κ3) is 5.27. The lowest BCUT2D eigenvalue weighted by Crippen LogP contribution is -2.17. The molecular weight excluding hydrogens is 359 g/mol. The van der Waals surface area contributed by atoms with E-state index in [9.17, 15) is 9.18 Å². The molecule has 0 aliphatic heterocycles. The topological polar surface area (TPSA) is 75.4 Å². The van der Waals surface area contributed by atoms with Crippen LogP contribution in [0.15, 0.2) is 59.0 Å². The van der Waals surface area contributed by atoms with Gasteiger partial charge in [0, 0.05) is 24.0 Å². The van der Waals surface area contributed by atoms with Gasteiger partial charge in [0.15, 0.2) is 11.7 Å². The van der Waals surface area contributed by atoms with Gasteiger partial charge in [0.25, 0.3) is 0 Å². The van der Waals surface area contributed by atoms with Gasteiger partial charge in [-0.1, -0.05) is 55.3 Å². The third-order valence-electron chi connectivity index (χ3n) is 4.47. The third-order valence-corrected chi connectivity index (χ3v) is 4.47. The molecule has 0 aliphatic carbocycles. The van der Waals surface area contributed by atoms with E-state index in [1.807, 2.05) is 36.4 Å². The molecule has 6 heteroatoms. The van der Waals surface area contributed by atoms with E-state index in [1.165, 1.54) is 12.1 Å². The molecule has 0 fully saturated rings. The van der Waals surface area contributed by atoms with E-state index in [4.69, 9.17) is 9.62 Å². The largest absolute Gasteiger partial charge is 0.440 e. The monoisotopic (exact) mass is 382 g/mol. The number of hydrogen-bond acceptors (Lipinski definition) is 4. The van der Waals surface area contributed by atoms with Gasteiger partial charge in [0.05, 0.1) is 0 Å². The first-order valence-electron chi connectivity index (χ1n) is 9.41. The molecule has 0 aliphatic rings. The highest BCUT2D eigenvalue weighted by Gasteiger charge is 2.17. The standard InChI is InChI=1S/C22H23FN2O3/c23-18-12-8-11-17(15-18)22-21(16-9-4-3-5-10-16)24-20(28-22)14-7-2-1-6-13-19(26)25-27/h3-5,8-12,15,27H,1-2,6-7,13-14H2,(H,25,26). The highest BCUT2D eigenvalue weighted by molar-refractivity contribution is 5.76. The van der Waals surface area contributed by atoms with Crippen LogP contribution in [0, 0.1) is 5.82 Å². The van der Waals surface area contributed by atoms with Crippen molar-refractivity contribution >= 4 is 5.91 Å². The molecule has 1 amide bonds. The number of hydrogen-bond donors (Lipinski definition) is 2. The number of aryl methyl sites for hydroxylation is 1. The van der Waals surface area contributed by atoms with Crippen molar-refractivity contribution in [3.8, 4) is 22.6 Å². The average molecular weight is 382 g/mol. The Balaban J connectivity index is 1.70. The van der Waals surface area contributed by atoms with Crippen molar-refractivity contribution in [2.24, 2.45) is 0 Å². The Morgan fingerprint density at radius 2 is 1.75 bits per heavy atom. The number of rotatable bonds is 9. The van der Waals surface area contributed by atoms with Crippen LogP contribution in [0.4, 0.5) is 4.39 Å². The Bertz CT molecular complexity index is 909. The zero-order valence-corrected chi connectivity index (χ0v) is 15.5. The number of unbranched alkanes of at least 4 members (excludes halogenated alkanes) is 3. The van der Waals surface area contributed by atoms with Gasteiger partial charge in [-0.3, -0.25) is 10.0 Å². The molecule has 5 nitrogen and oxygen atoms in total. The van der Waals surface area contributed by atoms with Crippen molar-refractivity contribution < 1.29 is 18.8 Å². The van der Waals surface area contributed by atoms with Gasteiger partial charge >= 0.3 is 0 Å². The number of benzene rings is 2. The second-order valence-corrected chi connectivity index (χ2v) is 6.61. The predicted molar refractivity (Wildman–Crippen MR) is 104 cm³/mol. The number of oxazole rings is 1. The van der Waals surface area contributed by atoms with E-state index in [2.05, 4.69) is 4.98 Å². The van der Waals surface area contributed by atoms with E-state index in [0.29, 0.717) is 35.7 Å². The maximum Gasteiger partial charge on any atom is 0.243 e. The van der Waals surface area contributed by atoms with Gasteiger partial charge in [-0.15, -0.1) is 0 Å². The van der Waals surface area contributed by atoms with Crippen LogP contribution in [0.2, 0.25) is 0 Å². The molecule has 1 heterocycles. The first-order valence-corrected chi connectivity index (χ1v) is 9.41. The summed E-state index contributed by atoms with van der Waals surface area (Å²) in [4.78, 5) is 15.6. The van der Waals surface area contributed by atoms with Gasteiger partial charge < -0.3 is 4.42 Å². The minimum Gasteiger partial charge on any atom is -0.440 e. The second-order valence-electron chi connectivity index (χ2n) is 6.61. The highest BCUT2D eigenvalue weighted by atomic mass is 19.1. The predicted octanol–water partition coefficient (Wildman–Crippen LogP) is 5.15. The summed E-state index contributed by atoms with van der Waals surface area (Å²) in [6.07, 6.45) is 4.39. The molecule has 146 valence electrons. The van der Waals surface area contributed by atoms with Crippen LogP contribution in [0.3, 0.4) is 0 Å². The summed E-state index contributed by atoms with van der Waals surface area (Å²) >= 11 is 0. The summed E-state index contributed by atoms with van der Waals surface area (Å²) in [5.74, 6) is 0.507. The molecule has 28 heavy (non-hydrogen) atoms. The van der Waals surface area contributed by atoms with Crippen molar-refractivity contribution in [1.29, 1.82) is 0 Å². The molecule has 2 aromatic carbocycles. The molecular formula is C22H23FN2O3. The lowest BCUT2D eigenvalue weighted by Gasteiger charge is -2.01. The van der Waals surface area contributed by atoms with Crippen LogP contribution in [-0.4, -0.2) is 16.1 Å². The smallest absolute Gasteiger partial charge is 0.243 e. The number of aromatic nitrogens is 1. The quantitative estimate of drug-likeness (QED) is 0.305. The van der Waals surface area contributed by atoms with Crippen molar-refractivity contribution in [3.63, 3.8) is 0 Å². The zero-order chi connectivity index (χ0) is 19.8. The fourth-order valence-corrected chi connectivity index (χ4v) is 3.06.